The molecular formula is C69H90F3I3N18O10. The fraction of sp³-hybridized carbons (Fsp3) is 0.478. The van der Waals surface area contributed by atoms with Gasteiger partial charge in [-0.1, -0.05) is 82.1 Å². The Kier molecular flexibility index (Phi) is 29.3. The molecule has 3 aliphatic rings. The Morgan fingerprint density at radius 2 is 1.13 bits per heavy atom. The lowest BCUT2D eigenvalue weighted by Gasteiger charge is -2.39. The highest BCUT2D eigenvalue weighted by Gasteiger charge is 2.36. The molecule has 3 saturated heterocycles. The first-order chi connectivity index (χ1) is 48.1. The number of carbonyl (C=O) groups excluding carboxylic acids is 4. The van der Waals surface area contributed by atoms with Crippen LogP contribution in [0.1, 0.15) is 83.1 Å². The van der Waals surface area contributed by atoms with E-state index in [0.29, 0.717) is 50.3 Å². The number of amides is 3. The summed E-state index contributed by atoms with van der Waals surface area (Å²) in [6, 6.07) is 16.0. The maximum atomic E-state index is 14.1. The first kappa shape index (κ1) is 82.8. The number of nitrogens with one attached hydrogen (secondary N) is 1. The summed E-state index contributed by atoms with van der Waals surface area (Å²) in [5.74, 6) is 1.52. The number of aliphatic hydroxyl groups is 2. The fourth-order valence-electron chi connectivity index (χ4n) is 10.3. The molecule has 9 heterocycles. The Bertz CT molecular complexity index is 4040. The third kappa shape index (κ3) is 25.1. The van der Waals surface area contributed by atoms with Crippen LogP contribution in [0, 0.1) is 11.8 Å². The molecule has 3 aliphatic heterocycles. The van der Waals surface area contributed by atoms with E-state index in [9.17, 15) is 37.8 Å². The van der Waals surface area contributed by atoms with Crippen LogP contribution in [0.15, 0.2) is 110 Å². The Hall–Kier alpha value is -7.50. The zero-order chi connectivity index (χ0) is 74.3. The molecule has 103 heavy (non-hydrogen) atoms. The van der Waals surface area contributed by atoms with E-state index < -0.39 is 47.5 Å². The molecular weight excluding hydrogens is 1680 g/mol. The number of nitrogen functional groups attached to an aromatic ring is 1. The zero-order valence-corrected chi connectivity index (χ0v) is 64.9. The van der Waals surface area contributed by atoms with E-state index in [-0.39, 0.29) is 49.6 Å². The minimum atomic E-state index is -4.64. The fourth-order valence-corrected chi connectivity index (χ4v) is 10.3. The van der Waals surface area contributed by atoms with Crippen molar-refractivity contribution >= 4 is 150 Å². The number of aliphatic hydroxyl groups excluding tert-OH is 2. The van der Waals surface area contributed by atoms with Gasteiger partial charge in [0.05, 0.1) is 43.7 Å². The largest absolute Gasteiger partial charge is 0.446 e. The van der Waals surface area contributed by atoms with E-state index in [1.165, 1.54) is 29.9 Å². The Balaban J connectivity index is 0.000000263. The molecule has 3 fully saturated rings. The van der Waals surface area contributed by atoms with Gasteiger partial charge >= 0.3 is 24.5 Å². The molecule has 5 N–H and O–H groups in total. The number of halogens is 6. The van der Waals surface area contributed by atoms with Crippen LogP contribution < -0.4 is 30.7 Å². The van der Waals surface area contributed by atoms with Crippen molar-refractivity contribution in [1.82, 2.24) is 58.5 Å². The van der Waals surface area contributed by atoms with Crippen molar-refractivity contribution < 1.29 is 61.5 Å². The van der Waals surface area contributed by atoms with Crippen LogP contribution in [0.4, 0.5) is 73.6 Å². The number of anilines is 8. The summed E-state index contributed by atoms with van der Waals surface area (Å²) in [5.41, 5.74) is 9.49. The highest BCUT2D eigenvalue weighted by atomic mass is 127. The summed E-state index contributed by atoms with van der Waals surface area (Å²) in [4.78, 5) is 97.1. The first-order valence-electron chi connectivity index (χ1n) is 32.8. The summed E-state index contributed by atoms with van der Waals surface area (Å²) in [6.45, 7) is 28.5. The third-order valence-corrected chi connectivity index (χ3v) is 17.5. The number of piperazine rings is 2. The van der Waals surface area contributed by atoms with Crippen molar-refractivity contribution in [2.45, 2.75) is 105 Å². The molecule has 0 atom stereocenters. The van der Waals surface area contributed by atoms with E-state index in [4.69, 9.17) is 39.4 Å². The number of alkyl halides is 6. The minimum Gasteiger partial charge on any atom is -0.443 e. The Labute approximate surface area is 638 Å². The van der Waals surface area contributed by atoms with Crippen LogP contribution in [-0.2, 0) is 23.7 Å². The van der Waals surface area contributed by atoms with Crippen molar-refractivity contribution in [2.75, 3.05) is 123 Å². The van der Waals surface area contributed by atoms with Gasteiger partial charge in [0.25, 0.3) is 0 Å². The van der Waals surface area contributed by atoms with Crippen LogP contribution in [0.3, 0.4) is 0 Å². The number of benzene rings is 2. The number of aromatic nitrogens is 10. The zero-order valence-electron chi connectivity index (χ0n) is 58.4. The highest BCUT2D eigenvalue weighted by Crippen LogP contribution is 2.38. The van der Waals surface area contributed by atoms with Crippen LogP contribution in [0.2, 0.25) is 0 Å². The van der Waals surface area contributed by atoms with Gasteiger partial charge in [-0.3, -0.25) is 24.6 Å². The number of fused-ring (bicyclic) bond motifs is 2. The van der Waals surface area contributed by atoms with Gasteiger partial charge in [0.15, 0.2) is 28.7 Å². The quantitative estimate of drug-likeness (QED) is 0.0302. The van der Waals surface area contributed by atoms with Gasteiger partial charge in [-0.25, -0.2) is 49.2 Å². The van der Waals surface area contributed by atoms with Crippen molar-refractivity contribution in [1.29, 1.82) is 0 Å². The van der Waals surface area contributed by atoms with Crippen LogP contribution >= 0.6 is 67.8 Å². The molecule has 11 rings (SSSR count). The van der Waals surface area contributed by atoms with Crippen LogP contribution in [-0.4, -0.2) is 208 Å². The summed E-state index contributed by atoms with van der Waals surface area (Å²) >= 11 is 7.24. The van der Waals surface area contributed by atoms with Gasteiger partial charge in [0.1, 0.15) is 44.8 Å². The lowest BCUT2D eigenvalue weighted by Crippen LogP contribution is -2.50. The monoisotopic (exact) mass is 1770 g/mol. The van der Waals surface area contributed by atoms with Gasteiger partial charge < -0.3 is 58.8 Å². The van der Waals surface area contributed by atoms with Crippen LogP contribution in [0.5, 0.6) is 0 Å². The molecule has 34 heteroatoms. The molecule has 0 bridgehead atoms. The molecule has 8 aromatic rings. The lowest BCUT2D eigenvalue weighted by molar-refractivity contribution is -0.156. The number of ether oxygens (including phenoxy) is 4. The second-order valence-corrected chi connectivity index (χ2v) is 38.7. The molecule has 6 aromatic heterocycles. The maximum Gasteiger partial charge on any atom is 0.446 e. The molecule has 0 radical (unpaired) electrons. The van der Waals surface area contributed by atoms with Crippen molar-refractivity contribution in [3.63, 3.8) is 0 Å². The number of hydrogen-bond donors (Lipinski definition) is 4. The maximum absolute atomic E-state index is 14.1. The molecule has 28 nitrogen and oxygen atoms in total. The summed E-state index contributed by atoms with van der Waals surface area (Å²) in [5, 5.41) is 22.0. The number of hydrogen-bond acceptors (Lipinski definition) is 24. The highest BCUT2D eigenvalue weighted by molar-refractivity contribution is 14.3. The van der Waals surface area contributed by atoms with Gasteiger partial charge in [0, 0.05) is 145 Å². The van der Waals surface area contributed by atoms with Gasteiger partial charge in [-0.05, 0) is 117 Å². The number of imide groups is 1. The SMILES string of the molecule is C.CC(C)(C)OC(=O)N(C(=O)OC(C)(C)C)c1cncc(-c2cn3ccnc3c(N(C(=O)OC(C)(C)C)c3ccc(N4CCN(CC5COC5)CC4)cc3)n2)n1.CCC(I)(I)I.Nc1cncc(-c2cn3ccnc3c(Nc3ccc(N4CCN(CC(CO)CO)CC4)cc3)n2)n1.O=CC(F)(F)F. The van der Waals surface area contributed by atoms with E-state index in [2.05, 4.69) is 142 Å². The van der Waals surface area contributed by atoms with Gasteiger partial charge in [-0.15, -0.1) is 0 Å². The van der Waals surface area contributed by atoms with E-state index in [0.717, 1.165) is 95.7 Å². The number of nitrogens with two attached hydrogens (primary N) is 1. The molecule has 0 unspecified atom stereocenters. The average molecular weight is 1770 g/mol. The van der Waals surface area contributed by atoms with E-state index >= 15 is 0 Å². The second kappa shape index (κ2) is 36.5. The average Bonchev–Trinajstić information content (AvgIpc) is 1.75. The first-order valence-corrected chi connectivity index (χ1v) is 36.0. The summed E-state index contributed by atoms with van der Waals surface area (Å²) in [7, 11) is 0. The van der Waals surface area contributed by atoms with E-state index in [1.54, 1.807) is 97.7 Å². The van der Waals surface area contributed by atoms with Gasteiger partial charge in [-0.2, -0.15) is 18.1 Å². The molecule has 558 valence electrons. The molecule has 0 aliphatic carbocycles. The summed E-state index contributed by atoms with van der Waals surface area (Å²) in [6.07, 6.45) is 9.12. The molecule has 0 saturated carbocycles. The van der Waals surface area contributed by atoms with Gasteiger partial charge in [0.2, 0.25) is 6.29 Å². The number of aldehydes is 1. The standard InChI is InChI=1S/C39H51N9O7.C24H29N9O2.C3H5I3.C2HF3O.CH4/c1-37(2,3)53-34(49)47(28-12-10-27(11-13-28)45-18-16-44(17-19-45)22-26-24-52-25-26)33-32-41-14-15-46(32)23-30(43-33)29-20-40-21-31(42-29)48(35(50)54-38(4,5)6)36(51)55-39(7,8)9;25-22-12-26-11-20(29-22)21-14-33-6-5-27-24(33)23(30-21)28-18-1-3-19(4-2-18)32-9-7-31(8-10-32)13-17(15-34)16-35;1-2-3(4,5)6;3-2(4,5)1-6;/h10-15,20-21,23,26H,16-19,22,24-25H2,1-9H3;1-6,11-12,14,17,34-35H,7-10,13,15-16H2,(H2,25,29)(H,28,30);2H2,1H3;1H;1H4. The second-order valence-electron chi connectivity index (χ2n) is 27.0. The normalized spacial score (nSPS) is 14.7. The lowest BCUT2D eigenvalue weighted by atomic mass is 10.1. The summed E-state index contributed by atoms with van der Waals surface area (Å²) < 4.78 is 57.6. The number of nitrogens with zero attached hydrogens (tertiary/aromatic N) is 16. The van der Waals surface area contributed by atoms with Crippen molar-refractivity contribution in [3.8, 4) is 22.8 Å². The predicted molar refractivity (Wildman–Crippen MR) is 415 cm³/mol. The molecule has 3 amide bonds. The number of imidazole rings is 2. The topological polar surface area (TPSA) is 315 Å². The number of rotatable bonds is 16. The Morgan fingerprint density at radius 1 is 0.660 bits per heavy atom. The van der Waals surface area contributed by atoms with Crippen LogP contribution in [0.25, 0.3) is 34.1 Å². The van der Waals surface area contributed by atoms with Crippen molar-refractivity contribution in [2.24, 2.45) is 11.8 Å². The molecule has 2 aromatic carbocycles. The third-order valence-electron chi connectivity index (χ3n) is 15.2. The van der Waals surface area contributed by atoms with Crippen molar-refractivity contribution in [3.05, 3.63) is 110 Å². The predicted octanol–water partition coefficient (Wildman–Crippen LogP) is 12.7. The Morgan fingerprint density at radius 3 is 1.60 bits per heavy atom. The smallest absolute Gasteiger partial charge is 0.443 e. The minimum absolute atomic E-state index is 0. The number of carbonyl (C=O) groups is 4. The molecule has 0 spiro atoms. The van der Waals surface area contributed by atoms with E-state index in [1.807, 2.05) is 53.2 Å².